The van der Waals surface area contributed by atoms with Gasteiger partial charge in [0.15, 0.2) is 0 Å². The van der Waals surface area contributed by atoms with Gasteiger partial charge in [-0.05, 0) is 42.7 Å². The first-order valence-electron chi connectivity index (χ1n) is 7.92. The van der Waals surface area contributed by atoms with Gasteiger partial charge in [0.2, 0.25) is 0 Å². The number of benzene rings is 1. The average Bonchev–Trinajstić information content (AvgIpc) is 3.15. The number of hydrogen-bond acceptors (Lipinski definition) is 3. The Morgan fingerprint density at radius 2 is 1.71 bits per heavy atom. The van der Waals surface area contributed by atoms with Crippen molar-refractivity contribution in [3.63, 3.8) is 0 Å². The number of amides is 2. The van der Waals surface area contributed by atoms with Crippen LogP contribution in [0.5, 0.6) is 0 Å². The SMILES string of the molecule is O=C(NCc1ccc(Cl)cc1)c1cccc(C(=O)N2CCCC2)n1. The molecule has 0 bridgehead atoms. The predicted octanol–water partition coefficient (Wildman–Crippen LogP) is 2.90. The number of carbonyl (C=O) groups excluding carboxylic acids is 2. The highest BCUT2D eigenvalue weighted by atomic mass is 35.5. The summed E-state index contributed by atoms with van der Waals surface area (Å²) in [6.45, 7) is 1.89. The first kappa shape index (κ1) is 16.5. The van der Waals surface area contributed by atoms with E-state index in [2.05, 4.69) is 10.3 Å². The van der Waals surface area contributed by atoms with Crippen LogP contribution >= 0.6 is 11.6 Å². The standard InChI is InChI=1S/C18H18ClN3O2/c19-14-8-6-13(7-9-14)12-20-17(23)15-4-3-5-16(21-15)18(24)22-10-1-2-11-22/h3-9H,1-2,10-12H2,(H,20,23). The minimum Gasteiger partial charge on any atom is -0.347 e. The Balaban J connectivity index is 1.65. The van der Waals surface area contributed by atoms with Crippen molar-refractivity contribution in [3.8, 4) is 0 Å². The van der Waals surface area contributed by atoms with Crippen molar-refractivity contribution in [1.82, 2.24) is 15.2 Å². The third-order valence-electron chi connectivity index (χ3n) is 3.96. The molecule has 1 fully saturated rings. The van der Waals surface area contributed by atoms with E-state index in [0.717, 1.165) is 31.5 Å². The summed E-state index contributed by atoms with van der Waals surface area (Å²) in [5.74, 6) is -0.416. The number of hydrogen-bond donors (Lipinski definition) is 1. The smallest absolute Gasteiger partial charge is 0.272 e. The van der Waals surface area contributed by atoms with E-state index < -0.39 is 0 Å². The molecular weight excluding hydrogens is 326 g/mol. The maximum absolute atomic E-state index is 12.4. The summed E-state index contributed by atoms with van der Waals surface area (Å²) in [5, 5.41) is 3.45. The molecule has 2 aromatic rings. The number of halogens is 1. The lowest BCUT2D eigenvalue weighted by molar-refractivity contribution is 0.0787. The molecule has 0 unspecified atom stereocenters. The average molecular weight is 344 g/mol. The molecule has 1 aromatic heterocycles. The van der Waals surface area contributed by atoms with Crippen molar-refractivity contribution in [2.24, 2.45) is 0 Å². The van der Waals surface area contributed by atoms with Crippen molar-refractivity contribution in [2.45, 2.75) is 19.4 Å². The fraction of sp³-hybridized carbons (Fsp3) is 0.278. The van der Waals surface area contributed by atoms with Crippen LogP contribution < -0.4 is 5.32 Å². The Morgan fingerprint density at radius 3 is 2.42 bits per heavy atom. The van der Waals surface area contributed by atoms with Gasteiger partial charge in [-0.1, -0.05) is 29.8 Å². The zero-order valence-corrected chi connectivity index (χ0v) is 13.9. The van der Waals surface area contributed by atoms with Crippen LogP contribution in [0.15, 0.2) is 42.5 Å². The van der Waals surface area contributed by atoms with Crippen LogP contribution in [0.2, 0.25) is 5.02 Å². The van der Waals surface area contributed by atoms with E-state index in [9.17, 15) is 9.59 Å². The van der Waals surface area contributed by atoms with E-state index in [-0.39, 0.29) is 17.5 Å². The van der Waals surface area contributed by atoms with Crippen molar-refractivity contribution in [2.75, 3.05) is 13.1 Å². The van der Waals surface area contributed by atoms with Gasteiger partial charge in [0.1, 0.15) is 11.4 Å². The van der Waals surface area contributed by atoms with Crippen LogP contribution in [-0.2, 0) is 6.54 Å². The normalized spacial score (nSPS) is 13.8. The molecule has 5 nitrogen and oxygen atoms in total. The summed E-state index contributed by atoms with van der Waals surface area (Å²) in [6, 6.07) is 12.2. The molecule has 0 aliphatic carbocycles. The van der Waals surface area contributed by atoms with Crippen molar-refractivity contribution in [3.05, 3.63) is 64.4 Å². The Hall–Kier alpha value is -2.40. The third-order valence-corrected chi connectivity index (χ3v) is 4.21. The summed E-state index contributed by atoms with van der Waals surface area (Å²) in [7, 11) is 0. The zero-order valence-electron chi connectivity index (χ0n) is 13.2. The predicted molar refractivity (Wildman–Crippen MR) is 92.0 cm³/mol. The Morgan fingerprint density at radius 1 is 1.04 bits per heavy atom. The van der Waals surface area contributed by atoms with Gasteiger partial charge < -0.3 is 10.2 Å². The molecule has 2 amide bonds. The van der Waals surface area contributed by atoms with Gasteiger partial charge in [-0.25, -0.2) is 4.98 Å². The highest BCUT2D eigenvalue weighted by Gasteiger charge is 2.21. The fourth-order valence-electron chi connectivity index (χ4n) is 2.64. The van der Waals surface area contributed by atoms with Crippen LogP contribution in [0.1, 0.15) is 39.4 Å². The number of aromatic nitrogens is 1. The number of nitrogens with zero attached hydrogens (tertiary/aromatic N) is 2. The first-order chi connectivity index (χ1) is 11.6. The Labute approximate surface area is 145 Å². The van der Waals surface area contributed by atoms with Crippen LogP contribution in [0.25, 0.3) is 0 Å². The minimum atomic E-state index is -0.305. The van der Waals surface area contributed by atoms with Crippen LogP contribution in [-0.4, -0.2) is 34.8 Å². The van der Waals surface area contributed by atoms with Gasteiger partial charge in [-0.2, -0.15) is 0 Å². The third kappa shape index (κ3) is 3.92. The zero-order chi connectivity index (χ0) is 16.9. The summed E-state index contributed by atoms with van der Waals surface area (Å²) in [4.78, 5) is 30.6. The van der Waals surface area contributed by atoms with Crippen LogP contribution in [0, 0.1) is 0 Å². The molecule has 0 radical (unpaired) electrons. The molecule has 3 rings (SSSR count). The summed E-state index contributed by atoms with van der Waals surface area (Å²) in [6.07, 6.45) is 2.04. The van der Waals surface area contributed by atoms with Crippen molar-refractivity contribution < 1.29 is 9.59 Å². The van der Waals surface area contributed by atoms with Crippen molar-refractivity contribution in [1.29, 1.82) is 0 Å². The van der Waals surface area contributed by atoms with E-state index in [1.54, 1.807) is 35.2 Å². The number of carbonyl (C=O) groups is 2. The number of rotatable bonds is 4. The molecule has 1 aromatic carbocycles. The molecule has 0 spiro atoms. The maximum Gasteiger partial charge on any atom is 0.272 e. The number of pyridine rings is 1. The monoisotopic (exact) mass is 343 g/mol. The van der Waals surface area contributed by atoms with E-state index in [0.29, 0.717) is 17.3 Å². The highest BCUT2D eigenvalue weighted by molar-refractivity contribution is 6.30. The van der Waals surface area contributed by atoms with Crippen LogP contribution in [0.4, 0.5) is 0 Å². The Bertz CT molecular complexity index is 740. The second-order valence-electron chi connectivity index (χ2n) is 5.72. The summed E-state index contributed by atoms with van der Waals surface area (Å²) in [5.41, 5.74) is 1.50. The fourth-order valence-corrected chi connectivity index (χ4v) is 2.76. The molecule has 0 saturated carbocycles. The van der Waals surface area contributed by atoms with Gasteiger partial charge in [-0.15, -0.1) is 0 Å². The highest BCUT2D eigenvalue weighted by Crippen LogP contribution is 2.12. The van der Waals surface area contributed by atoms with Gasteiger partial charge in [0.25, 0.3) is 11.8 Å². The molecule has 1 N–H and O–H groups in total. The number of likely N-dealkylation sites (tertiary alicyclic amines) is 1. The van der Waals surface area contributed by atoms with Gasteiger partial charge in [0, 0.05) is 24.7 Å². The molecular formula is C18H18ClN3O2. The number of nitrogens with one attached hydrogen (secondary N) is 1. The lowest BCUT2D eigenvalue weighted by atomic mass is 10.2. The van der Waals surface area contributed by atoms with E-state index in [1.807, 2.05) is 12.1 Å². The lowest BCUT2D eigenvalue weighted by Gasteiger charge is -2.14. The van der Waals surface area contributed by atoms with Gasteiger partial charge in [0.05, 0.1) is 0 Å². The molecule has 0 atom stereocenters. The maximum atomic E-state index is 12.4. The van der Waals surface area contributed by atoms with Gasteiger partial charge in [-0.3, -0.25) is 9.59 Å². The molecule has 24 heavy (non-hydrogen) atoms. The molecule has 1 aliphatic rings. The minimum absolute atomic E-state index is 0.111. The van der Waals surface area contributed by atoms with E-state index in [4.69, 9.17) is 11.6 Å². The molecule has 1 saturated heterocycles. The first-order valence-corrected chi connectivity index (χ1v) is 8.30. The second-order valence-corrected chi connectivity index (χ2v) is 6.15. The largest absolute Gasteiger partial charge is 0.347 e. The quantitative estimate of drug-likeness (QED) is 0.928. The second kappa shape index (κ2) is 7.45. The topological polar surface area (TPSA) is 62.3 Å². The molecule has 6 heteroatoms. The molecule has 1 aliphatic heterocycles. The van der Waals surface area contributed by atoms with Crippen molar-refractivity contribution >= 4 is 23.4 Å². The molecule has 2 heterocycles. The van der Waals surface area contributed by atoms with E-state index in [1.165, 1.54) is 0 Å². The summed E-state index contributed by atoms with van der Waals surface area (Å²) < 4.78 is 0. The summed E-state index contributed by atoms with van der Waals surface area (Å²) >= 11 is 5.84. The Kier molecular flexibility index (Phi) is 5.11. The van der Waals surface area contributed by atoms with Crippen LogP contribution in [0.3, 0.4) is 0 Å². The lowest BCUT2D eigenvalue weighted by Crippen LogP contribution is -2.29. The van der Waals surface area contributed by atoms with E-state index >= 15 is 0 Å². The molecule has 124 valence electrons. The van der Waals surface area contributed by atoms with Gasteiger partial charge >= 0.3 is 0 Å².